The van der Waals surface area contributed by atoms with E-state index in [1.807, 2.05) is 0 Å². The number of carboxylic acid groups (broad SMARTS) is 1. The molecule has 0 spiro atoms. The maximum absolute atomic E-state index is 11.4. The fourth-order valence-electron chi connectivity index (χ4n) is 1.48. The average Bonchev–Trinajstić information content (AvgIpc) is 2.37. The Kier molecular flexibility index (Phi) is 6.02. The number of anilines is 1. The minimum atomic E-state index is -0.846. The van der Waals surface area contributed by atoms with Gasteiger partial charge in [0.25, 0.3) is 0 Å². The summed E-state index contributed by atoms with van der Waals surface area (Å²) in [4.78, 5) is 32.4. The number of aryl methyl sites for hydroxylation is 1. The van der Waals surface area contributed by atoms with Crippen molar-refractivity contribution in [3.05, 3.63) is 29.8 Å². The largest absolute Gasteiger partial charge is 0.481 e. The summed E-state index contributed by atoms with van der Waals surface area (Å²) >= 11 is 0. The quantitative estimate of drug-likeness (QED) is 0.587. The molecule has 0 atom stereocenters. The zero-order valence-corrected chi connectivity index (χ0v) is 10.9. The first-order valence-electron chi connectivity index (χ1n) is 6.11. The fourth-order valence-corrected chi connectivity index (χ4v) is 1.48. The van der Waals surface area contributed by atoms with Gasteiger partial charge in [0.05, 0.1) is 0 Å². The molecule has 1 rings (SSSR count). The lowest BCUT2D eigenvalue weighted by Gasteiger charge is -2.07. The van der Waals surface area contributed by atoms with Gasteiger partial charge in [-0.2, -0.15) is 0 Å². The van der Waals surface area contributed by atoms with Crippen LogP contribution in [0.15, 0.2) is 24.3 Å². The molecular formula is C13H17N3O4. The summed E-state index contributed by atoms with van der Waals surface area (Å²) in [6.45, 7) is 0.178. The summed E-state index contributed by atoms with van der Waals surface area (Å²) in [6.07, 6.45) is 0.600. The second kappa shape index (κ2) is 7.78. The van der Waals surface area contributed by atoms with Crippen LogP contribution >= 0.6 is 0 Å². The Morgan fingerprint density at radius 3 is 2.30 bits per heavy atom. The summed E-state index contributed by atoms with van der Waals surface area (Å²) in [5.74, 6) is -1.32. The summed E-state index contributed by atoms with van der Waals surface area (Å²) in [5, 5.41) is 13.6. The molecular weight excluding hydrogens is 262 g/mol. The lowest BCUT2D eigenvalue weighted by molar-refractivity contribution is -0.137. The van der Waals surface area contributed by atoms with Crippen molar-refractivity contribution in [1.29, 1.82) is 0 Å². The lowest BCUT2D eigenvalue weighted by atomic mass is 10.1. The first-order valence-corrected chi connectivity index (χ1v) is 6.11. The Hall–Kier alpha value is -2.57. The summed E-state index contributed by atoms with van der Waals surface area (Å²) in [5.41, 5.74) is 6.41. The molecule has 0 unspecified atom stereocenters. The van der Waals surface area contributed by atoms with E-state index in [2.05, 4.69) is 10.6 Å². The van der Waals surface area contributed by atoms with E-state index in [-0.39, 0.29) is 19.4 Å². The zero-order valence-electron chi connectivity index (χ0n) is 10.9. The smallest absolute Gasteiger partial charge is 0.319 e. The third kappa shape index (κ3) is 6.39. The van der Waals surface area contributed by atoms with E-state index >= 15 is 0 Å². The predicted molar refractivity (Wildman–Crippen MR) is 73.2 cm³/mol. The van der Waals surface area contributed by atoms with Gasteiger partial charge in [-0.25, -0.2) is 4.79 Å². The van der Waals surface area contributed by atoms with Gasteiger partial charge in [-0.1, -0.05) is 12.1 Å². The number of carboxylic acids is 1. The summed E-state index contributed by atoms with van der Waals surface area (Å²) < 4.78 is 0. The number of aliphatic carboxylic acids is 1. The number of urea groups is 1. The molecule has 0 radical (unpaired) electrons. The fraction of sp³-hybridized carbons (Fsp3) is 0.308. The highest BCUT2D eigenvalue weighted by molar-refractivity contribution is 5.89. The number of carbonyl (C=O) groups is 3. The van der Waals surface area contributed by atoms with Gasteiger partial charge in [0, 0.05) is 25.1 Å². The number of nitrogens with two attached hydrogens (primary N) is 1. The van der Waals surface area contributed by atoms with Crippen molar-refractivity contribution in [3.63, 3.8) is 0 Å². The van der Waals surface area contributed by atoms with Crippen LogP contribution in [0.25, 0.3) is 0 Å². The van der Waals surface area contributed by atoms with Crippen LogP contribution in [0.2, 0.25) is 0 Å². The predicted octanol–water partition coefficient (Wildman–Crippen LogP) is 0.701. The van der Waals surface area contributed by atoms with E-state index in [0.717, 1.165) is 5.56 Å². The maximum atomic E-state index is 11.4. The Balaban J connectivity index is 2.38. The number of primary amides is 1. The van der Waals surface area contributed by atoms with Crippen molar-refractivity contribution < 1.29 is 19.5 Å². The molecule has 0 fully saturated rings. The van der Waals surface area contributed by atoms with Crippen LogP contribution in [0.5, 0.6) is 0 Å². The molecule has 0 aliphatic rings. The number of nitrogens with one attached hydrogen (secondary N) is 2. The minimum Gasteiger partial charge on any atom is -0.481 e. The first kappa shape index (κ1) is 15.5. The monoisotopic (exact) mass is 279 g/mol. The van der Waals surface area contributed by atoms with Gasteiger partial charge in [0.15, 0.2) is 0 Å². The molecule has 0 saturated carbocycles. The van der Waals surface area contributed by atoms with E-state index in [4.69, 9.17) is 10.8 Å². The molecule has 7 heteroatoms. The normalized spacial score (nSPS) is 9.80. The van der Waals surface area contributed by atoms with Gasteiger partial charge in [0.2, 0.25) is 5.91 Å². The minimum absolute atomic E-state index is 0.0698. The number of amides is 3. The third-order valence-electron chi connectivity index (χ3n) is 2.50. The highest BCUT2D eigenvalue weighted by Crippen LogP contribution is 2.10. The zero-order chi connectivity index (χ0) is 15.0. The van der Waals surface area contributed by atoms with E-state index in [9.17, 15) is 14.4 Å². The number of carbonyl (C=O) groups excluding carboxylic acids is 2. The standard InChI is InChI=1S/C13H17N3O4/c14-11(17)7-8-15-13(20)16-10-4-1-9(2-5-10)3-6-12(18)19/h1-2,4-5H,3,6-8H2,(H2,14,17)(H,18,19)(H2,15,16,20). The van der Waals surface area contributed by atoms with Gasteiger partial charge in [-0.15, -0.1) is 0 Å². The molecule has 3 amide bonds. The summed E-state index contributed by atoms with van der Waals surface area (Å²) in [6, 6.07) is 6.45. The van der Waals surface area contributed by atoms with Crippen molar-refractivity contribution >= 4 is 23.6 Å². The topological polar surface area (TPSA) is 122 Å². The molecule has 1 aromatic rings. The van der Waals surface area contributed by atoms with Gasteiger partial charge < -0.3 is 21.5 Å². The number of rotatable bonds is 7. The van der Waals surface area contributed by atoms with Gasteiger partial charge in [-0.3, -0.25) is 9.59 Å². The number of benzene rings is 1. The van der Waals surface area contributed by atoms with Crippen molar-refractivity contribution in [2.45, 2.75) is 19.3 Å². The molecule has 0 saturated heterocycles. The van der Waals surface area contributed by atoms with Crippen LogP contribution < -0.4 is 16.4 Å². The summed E-state index contributed by atoms with van der Waals surface area (Å²) in [7, 11) is 0. The highest BCUT2D eigenvalue weighted by Gasteiger charge is 2.03. The highest BCUT2D eigenvalue weighted by atomic mass is 16.4. The van der Waals surface area contributed by atoms with E-state index in [1.54, 1.807) is 24.3 Å². The van der Waals surface area contributed by atoms with Crippen LogP contribution in [-0.2, 0) is 16.0 Å². The van der Waals surface area contributed by atoms with Gasteiger partial charge >= 0.3 is 12.0 Å². The van der Waals surface area contributed by atoms with Gasteiger partial charge in [-0.05, 0) is 24.1 Å². The van der Waals surface area contributed by atoms with Crippen molar-refractivity contribution in [3.8, 4) is 0 Å². The molecule has 0 aromatic heterocycles. The average molecular weight is 279 g/mol. The van der Waals surface area contributed by atoms with Crippen LogP contribution in [0, 0.1) is 0 Å². The Morgan fingerprint density at radius 1 is 1.10 bits per heavy atom. The number of hydrogen-bond donors (Lipinski definition) is 4. The number of hydrogen-bond acceptors (Lipinski definition) is 3. The van der Waals surface area contributed by atoms with Crippen LogP contribution in [-0.4, -0.2) is 29.6 Å². The van der Waals surface area contributed by atoms with Crippen molar-refractivity contribution in [2.75, 3.05) is 11.9 Å². The molecule has 1 aromatic carbocycles. The van der Waals surface area contributed by atoms with E-state index in [1.165, 1.54) is 0 Å². The second-order valence-electron chi connectivity index (χ2n) is 4.19. The molecule has 5 N–H and O–H groups in total. The maximum Gasteiger partial charge on any atom is 0.319 e. The second-order valence-corrected chi connectivity index (χ2v) is 4.19. The Labute approximate surface area is 116 Å². The Morgan fingerprint density at radius 2 is 1.75 bits per heavy atom. The van der Waals surface area contributed by atoms with Crippen LogP contribution in [0.1, 0.15) is 18.4 Å². The lowest BCUT2D eigenvalue weighted by Crippen LogP contribution is -2.31. The van der Waals surface area contributed by atoms with Crippen LogP contribution in [0.3, 0.4) is 0 Å². The molecule has 0 bridgehead atoms. The SMILES string of the molecule is NC(=O)CCNC(=O)Nc1ccc(CCC(=O)O)cc1. The Bertz CT molecular complexity index is 485. The van der Waals surface area contributed by atoms with Crippen molar-refractivity contribution in [2.24, 2.45) is 5.73 Å². The molecule has 7 nitrogen and oxygen atoms in total. The molecule has 108 valence electrons. The molecule has 0 heterocycles. The first-order chi connectivity index (χ1) is 9.47. The molecule has 20 heavy (non-hydrogen) atoms. The van der Waals surface area contributed by atoms with Crippen molar-refractivity contribution in [1.82, 2.24) is 5.32 Å². The van der Waals surface area contributed by atoms with E-state index < -0.39 is 17.9 Å². The third-order valence-corrected chi connectivity index (χ3v) is 2.50. The molecule has 0 aliphatic heterocycles. The molecule has 0 aliphatic carbocycles. The van der Waals surface area contributed by atoms with Gasteiger partial charge in [0.1, 0.15) is 0 Å². The van der Waals surface area contributed by atoms with E-state index in [0.29, 0.717) is 12.1 Å². The van der Waals surface area contributed by atoms with Crippen LogP contribution in [0.4, 0.5) is 10.5 Å².